The molecule has 72 valence electrons. The van der Waals surface area contributed by atoms with Crippen molar-refractivity contribution in [2.45, 2.75) is 4.90 Å². The molecule has 0 aliphatic heterocycles. The monoisotopic (exact) mass is 228 g/mol. The normalized spacial score (nSPS) is 11.6. The molecule has 0 bridgehead atoms. The number of hydrogen-bond acceptors (Lipinski definition) is 3. The summed E-state index contributed by atoms with van der Waals surface area (Å²) < 4.78 is 46.3. The average molecular weight is 229 g/mol. The third kappa shape index (κ3) is 2.07. The molecular formula is C6H3ClF2O3S. The predicted molar refractivity (Wildman–Crippen MR) is 41.1 cm³/mol. The summed E-state index contributed by atoms with van der Waals surface area (Å²) in [4.78, 5) is -0.951. The summed E-state index contributed by atoms with van der Waals surface area (Å²) in [5, 5.41) is 8.72. The van der Waals surface area contributed by atoms with E-state index < -0.39 is 31.3 Å². The predicted octanol–water partition coefficient (Wildman–Crippen LogP) is 1.60. The number of benzene rings is 1. The van der Waals surface area contributed by atoms with Gasteiger partial charge in [0.25, 0.3) is 9.05 Å². The van der Waals surface area contributed by atoms with E-state index in [1.807, 2.05) is 0 Å². The molecule has 0 aliphatic rings. The third-order valence-electron chi connectivity index (χ3n) is 1.26. The van der Waals surface area contributed by atoms with Crippen LogP contribution < -0.4 is 0 Å². The van der Waals surface area contributed by atoms with Crippen molar-refractivity contribution in [1.29, 1.82) is 0 Å². The van der Waals surface area contributed by atoms with Crippen LogP contribution in [-0.4, -0.2) is 13.5 Å². The molecule has 13 heavy (non-hydrogen) atoms. The Kier molecular flexibility index (Phi) is 2.44. The zero-order chi connectivity index (χ0) is 10.2. The van der Waals surface area contributed by atoms with Crippen molar-refractivity contribution in [2.75, 3.05) is 0 Å². The molecule has 0 fully saturated rings. The van der Waals surface area contributed by atoms with E-state index in [9.17, 15) is 17.2 Å². The van der Waals surface area contributed by atoms with E-state index in [4.69, 9.17) is 15.8 Å². The quantitative estimate of drug-likeness (QED) is 0.743. The molecule has 0 radical (unpaired) electrons. The minimum atomic E-state index is -4.30. The van der Waals surface area contributed by atoms with Gasteiger partial charge in [0.2, 0.25) is 0 Å². The van der Waals surface area contributed by atoms with E-state index in [2.05, 4.69) is 0 Å². The van der Waals surface area contributed by atoms with Crippen LogP contribution in [0.4, 0.5) is 8.78 Å². The second-order valence-corrected chi connectivity index (χ2v) is 4.71. The average Bonchev–Trinajstić information content (AvgIpc) is 1.94. The third-order valence-corrected chi connectivity index (χ3v) is 2.60. The maximum absolute atomic E-state index is 12.7. The van der Waals surface area contributed by atoms with Crippen LogP contribution >= 0.6 is 10.7 Å². The highest BCUT2D eigenvalue weighted by molar-refractivity contribution is 8.13. The number of aromatic hydroxyl groups is 1. The van der Waals surface area contributed by atoms with Gasteiger partial charge < -0.3 is 5.11 Å². The summed E-state index contributed by atoms with van der Waals surface area (Å²) in [7, 11) is 0.485. The molecule has 7 heteroatoms. The van der Waals surface area contributed by atoms with Crippen LogP contribution in [0.25, 0.3) is 0 Å². The fraction of sp³-hybridized carbons (Fsp3) is 0. The number of phenols is 1. The molecule has 1 aromatic rings. The Morgan fingerprint density at radius 3 is 2.23 bits per heavy atom. The van der Waals surface area contributed by atoms with Gasteiger partial charge in [-0.2, -0.15) is 0 Å². The molecule has 0 aromatic heterocycles. The zero-order valence-electron chi connectivity index (χ0n) is 5.96. The van der Waals surface area contributed by atoms with Crippen molar-refractivity contribution in [3.05, 3.63) is 23.8 Å². The number of hydrogen-bond donors (Lipinski definition) is 1. The highest BCUT2D eigenvalue weighted by Gasteiger charge is 2.19. The Labute approximate surface area is 77.0 Å². The van der Waals surface area contributed by atoms with E-state index in [1.165, 1.54) is 0 Å². The Morgan fingerprint density at radius 1 is 1.23 bits per heavy atom. The second-order valence-electron chi connectivity index (χ2n) is 2.17. The summed E-state index contributed by atoms with van der Waals surface area (Å²) in [6.45, 7) is 0. The lowest BCUT2D eigenvalue weighted by molar-refractivity contribution is 0.423. The van der Waals surface area contributed by atoms with Gasteiger partial charge in [0.1, 0.15) is 10.7 Å². The van der Waals surface area contributed by atoms with Crippen LogP contribution in [0.15, 0.2) is 17.0 Å². The van der Waals surface area contributed by atoms with Gasteiger partial charge in [0, 0.05) is 22.8 Å². The second kappa shape index (κ2) is 3.12. The summed E-state index contributed by atoms with van der Waals surface area (Å²) in [5.74, 6) is -3.56. The molecule has 0 spiro atoms. The molecule has 0 amide bonds. The maximum Gasteiger partial charge on any atom is 0.264 e. The molecule has 1 N–H and O–H groups in total. The Balaban J connectivity index is 3.50. The molecule has 1 aromatic carbocycles. The molecule has 1 rings (SSSR count). The van der Waals surface area contributed by atoms with E-state index >= 15 is 0 Å². The Morgan fingerprint density at radius 2 is 1.77 bits per heavy atom. The standard InChI is InChI=1S/C6H3ClF2O3S/c7-13(11,12)6-2-5(10)3(8)1-4(6)9/h1-2,10H. The lowest BCUT2D eigenvalue weighted by Crippen LogP contribution is -1.96. The maximum atomic E-state index is 12.7. The zero-order valence-corrected chi connectivity index (χ0v) is 7.53. The minimum absolute atomic E-state index is 0.241. The van der Waals surface area contributed by atoms with Gasteiger partial charge in [-0.3, -0.25) is 0 Å². The van der Waals surface area contributed by atoms with Crippen molar-refractivity contribution < 1.29 is 22.3 Å². The van der Waals surface area contributed by atoms with E-state index in [1.54, 1.807) is 0 Å². The van der Waals surface area contributed by atoms with Crippen LogP contribution in [-0.2, 0) is 9.05 Å². The van der Waals surface area contributed by atoms with Gasteiger partial charge in [0.15, 0.2) is 11.6 Å². The van der Waals surface area contributed by atoms with Gasteiger partial charge in [-0.25, -0.2) is 17.2 Å². The van der Waals surface area contributed by atoms with Crippen LogP contribution in [0.5, 0.6) is 5.75 Å². The van der Waals surface area contributed by atoms with E-state index in [0.717, 1.165) is 0 Å². The highest BCUT2D eigenvalue weighted by atomic mass is 35.7. The van der Waals surface area contributed by atoms with Crippen molar-refractivity contribution in [1.82, 2.24) is 0 Å². The summed E-state index contributed by atoms with van der Waals surface area (Å²) in [6, 6.07) is 0.650. The minimum Gasteiger partial charge on any atom is -0.505 e. The van der Waals surface area contributed by atoms with E-state index in [0.29, 0.717) is 6.07 Å². The fourth-order valence-electron chi connectivity index (χ4n) is 0.705. The molecule has 0 saturated carbocycles. The summed E-state index contributed by atoms with van der Waals surface area (Å²) in [5.41, 5.74) is 0. The van der Waals surface area contributed by atoms with Crippen LogP contribution in [0, 0.1) is 11.6 Å². The lowest BCUT2D eigenvalue weighted by Gasteiger charge is -2.00. The first-order chi connectivity index (χ1) is 5.82. The largest absolute Gasteiger partial charge is 0.505 e. The first-order valence-electron chi connectivity index (χ1n) is 2.95. The molecule has 0 saturated heterocycles. The molecule has 0 heterocycles. The molecular weight excluding hydrogens is 226 g/mol. The summed E-state index contributed by atoms with van der Waals surface area (Å²) in [6.07, 6.45) is 0. The van der Waals surface area contributed by atoms with Crippen LogP contribution in [0.1, 0.15) is 0 Å². The van der Waals surface area contributed by atoms with Gasteiger partial charge in [0.05, 0.1) is 0 Å². The van der Waals surface area contributed by atoms with Crippen molar-refractivity contribution in [2.24, 2.45) is 0 Å². The topological polar surface area (TPSA) is 54.4 Å². The Hall–Kier alpha value is -0.880. The number of halogens is 3. The van der Waals surface area contributed by atoms with Crippen molar-refractivity contribution in [3.8, 4) is 5.75 Å². The first-order valence-corrected chi connectivity index (χ1v) is 5.26. The van der Waals surface area contributed by atoms with Gasteiger partial charge in [-0.05, 0) is 0 Å². The number of phenolic OH excluding ortho intramolecular Hbond substituents is 1. The first kappa shape index (κ1) is 10.2. The van der Waals surface area contributed by atoms with Crippen LogP contribution in [0.2, 0.25) is 0 Å². The molecule has 0 aliphatic carbocycles. The lowest BCUT2D eigenvalue weighted by atomic mass is 10.3. The molecule has 0 atom stereocenters. The van der Waals surface area contributed by atoms with Crippen LogP contribution in [0.3, 0.4) is 0 Å². The van der Waals surface area contributed by atoms with Gasteiger partial charge in [-0.1, -0.05) is 0 Å². The summed E-state index contributed by atoms with van der Waals surface area (Å²) >= 11 is 0. The molecule has 3 nitrogen and oxygen atoms in total. The van der Waals surface area contributed by atoms with Crippen molar-refractivity contribution in [3.63, 3.8) is 0 Å². The Bertz CT molecular complexity index is 443. The van der Waals surface area contributed by atoms with Gasteiger partial charge >= 0.3 is 0 Å². The van der Waals surface area contributed by atoms with Crippen molar-refractivity contribution >= 4 is 19.7 Å². The highest BCUT2D eigenvalue weighted by Crippen LogP contribution is 2.25. The SMILES string of the molecule is O=S(=O)(Cl)c1cc(O)c(F)cc1F. The number of rotatable bonds is 1. The van der Waals surface area contributed by atoms with E-state index in [-0.39, 0.29) is 6.07 Å². The smallest absolute Gasteiger partial charge is 0.264 e. The fourth-order valence-corrected chi connectivity index (χ4v) is 1.60. The molecule has 0 unspecified atom stereocenters. The van der Waals surface area contributed by atoms with Gasteiger partial charge in [-0.15, -0.1) is 0 Å².